The molecule has 2 aliphatic carbocycles. The monoisotopic (exact) mass is 349 g/mol. The summed E-state index contributed by atoms with van der Waals surface area (Å²) in [5.41, 5.74) is 1.05. The minimum absolute atomic E-state index is 0.0239. The van der Waals surface area contributed by atoms with Crippen molar-refractivity contribution in [1.82, 2.24) is 16.0 Å². The third-order valence-corrected chi connectivity index (χ3v) is 5.10. The van der Waals surface area contributed by atoms with E-state index in [2.05, 4.69) is 16.0 Å². The molecule has 2 fully saturated rings. The first-order chi connectivity index (χ1) is 11.5. The minimum atomic E-state index is -0.176. The predicted octanol–water partition coefficient (Wildman–Crippen LogP) is 3.15. The number of hydrogen-bond donors (Lipinski definition) is 3. The molecule has 0 spiro atoms. The second-order valence-corrected chi connectivity index (χ2v) is 7.28. The van der Waals surface area contributed by atoms with Gasteiger partial charge in [0.15, 0.2) is 0 Å². The molecule has 1 aromatic rings. The molecule has 0 radical (unpaired) electrons. The molecular weight excluding hydrogens is 326 g/mol. The van der Waals surface area contributed by atoms with Gasteiger partial charge >= 0.3 is 6.03 Å². The van der Waals surface area contributed by atoms with Gasteiger partial charge in [0.05, 0.1) is 18.1 Å². The van der Waals surface area contributed by atoms with Gasteiger partial charge in [0.1, 0.15) is 0 Å². The first kappa shape index (κ1) is 17.1. The van der Waals surface area contributed by atoms with Gasteiger partial charge in [-0.05, 0) is 42.9 Å². The average Bonchev–Trinajstić information content (AvgIpc) is 3.01. The number of carbonyl (C=O) groups is 2. The maximum atomic E-state index is 12.4. The second kappa shape index (κ2) is 7.43. The molecular formula is C18H24ClN3O2. The maximum absolute atomic E-state index is 12.4. The number of urea groups is 1. The van der Waals surface area contributed by atoms with E-state index in [1.54, 1.807) is 0 Å². The zero-order valence-corrected chi connectivity index (χ0v) is 14.6. The molecule has 3 amide bonds. The summed E-state index contributed by atoms with van der Waals surface area (Å²) in [5.74, 6) is 0.382. The van der Waals surface area contributed by atoms with Crippen LogP contribution in [0, 0.1) is 5.92 Å². The molecule has 130 valence electrons. The first-order valence-electron chi connectivity index (χ1n) is 8.62. The van der Waals surface area contributed by atoms with Crippen LogP contribution in [0.2, 0.25) is 5.02 Å². The molecule has 1 aromatic carbocycles. The van der Waals surface area contributed by atoms with Crippen molar-refractivity contribution >= 4 is 23.5 Å². The number of rotatable bonds is 5. The van der Waals surface area contributed by atoms with Crippen LogP contribution in [0.5, 0.6) is 0 Å². The van der Waals surface area contributed by atoms with Crippen LogP contribution in [0.3, 0.4) is 0 Å². The van der Waals surface area contributed by atoms with Crippen LogP contribution in [-0.4, -0.2) is 24.0 Å². The van der Waals surface area contributed by atoms with Gasteiger partial charge in [-0.3, -0.25) is 4.79 Å². The Morgan fingerprint density at radius 3 is 2.54 bits per heavy atom. The van der Waals surface area contributed by atoms with E-state index in [9.17, 15) is 9.59 Å². The van der Waals surface area contributed by atoms with Crippen LogP contribution in [0.25, 0.3) is 0 Å². The van der Waals surface area contributed by atoms with Gasteiger partial charge < -0.3 is 16.0 Å². The van der Waals surface area contributed by atoms with E-state index in [1.165, 1.54) is 19.8 Å². The standard InChI is InChI=1S/C18H24ClN3O2/c1-11(23)20-15-10-16(15)21-18(24)22-17(12-5-2-3-6-12)13-7-4-8-14(19)9-13/h4,7-9,12,15-17H,2-3,5-6,10H2,1H3,(H,20,23)(H2,21,22,24)/t15-,16-,17+/m1/s1. The molecule has 0 unspecified atom stereocenters. The highest BCUT2D eigenvalue weighted by Gasteiger charge is 2.39. The SMILES string of the molecule is CC(=O)N[C@@H]1C[C@H]1NC(=O)N[C@H](c1cccc(Cl)c1)C1CCCC1. The molecule has 0 aromatic heterocycles. The summed E-state index contributed by atoms with van der Waals surface area (Å²) in [7, 11) is 0. The van der Waals surface area contributed by atoms with Crippen molar-refractivity contribution in [2.45, 2.75) is 57.2 Å². The fraction of sp³-hybridized carbons (Fsp3) is 0.556. The van der Waals surface area contributed by atoms with E-state index in [0.717, 1.165) is 24.8 Å². The topological polar surface area (TPSA) is 70.2 Å². The zero-order chi connectivity index (χ0) is 17.1. The molecule has 3 N–H and O–H groups in total. The Kier molecular flexibility index (Phi) is 5.29. The lowest BCUT2D eigenvalue weighted by atomic mass is 9.92. The number of carbonyl (C=O) groups excluding carboxylic acids is 2. The van der Waals surface area contributed by atoms with Crippen LogP contribution < -0.4 is 16.0 Å². The van der Waals surface area contributed by atoms with Crippen molar-refractivity contribution in [3.05, 3.63) is 34.9 Å². The van der Waals surface area contributed by atoms with Crippen molar-refractivity contribution < 1.29 is 9.59 Å². The van der Waals surface area contributed by atoms with Gasteiger partial charge in [0.25, 0.3) is 0 Å². The van der Waals surface area contributed by atoms with Crippen LogP contribution in [0.4, 0.5) is 4.79 Å². The fourth-order valence-electron chi connectivity index (χ4n) is 3.59. The first-order valence-corrected chi connectivity index (χ1v) is 9.00. The van der Waals surface area contributed by atoms with E-state index in [-0.39, 0.29) is 30.1 Å². The number of nitrogens with one attached hydrogen (secondary N) is 3. The van der Waals surface area contributed by atoms with Crippen LogP contribution in [0.15, 0.2) is 24.3 Å². The third-order valence-electron chi connectivity index (χ3n) is 4.86. The highest BCUT2D eigenvalue weighted by molar-refractivity contribution is 6.30. The highest BCUT2D eigenvalue weighted by atomic mass is 35.5. The molecule has 0 heterocycles. The summed E-state index contributed by atoms with van der Waals surface area (Å²) in [6.45, 7) is 1.49. The summed E-state index contributed by atoms with van der Waals surface area (Å²) >= 11 is 6.13. The summed E-state index contributed by atoms with van der Waals surface area (Å²) in [5, 5.41) is 9.58. The summed E-state index contributed by atoms with van der Waals surface area (Å²) in [4.78, 5) is 23.4. The predicted molar refractivity (Wildman–Crippen MR) is 93.8 cm³/mol. The summed E-state index contributed by atoms with van der Waals surface area (Å²) in [6.07, 6.45) is 5.44. The molecule has 0 saturated heterocycles. The van der Waals surface area contributed by atoms with E-state index < -0.39 is 0 Å². The second-order valence-electron chi connectivity index (χ2n) is 6.84. The van der Waals surface area contributed by atoms with Gasteiger partial charge in [0, 0.05) is 11.9 Å². The summed E-state index contributed by atoms with van der Waals surface area (Å²) < 4.78 is 0. The van der Waals surface area contributed by atoms with Crippen LogP contribution >= 0.6 is 11.6 Å². The van der Waals surface area contributed by atoms with E-state index in [0.29, 0.717) is 10.9 Å². The molecule has 24 heavy (non-hydrogen) atoms. The lowest BCUT2D eigenvalue weighted by molar-refractivity contribution is -0.119. The van der Waals surface area contributed by atoms with Gasteiger partial charge in [-0.15, -0.1) is 0 Å². The minimum Gasteiger partial charge on any atom is -0.351 e. The summed E-state index contributed by atoms with van der Waals surface area (Å²) in [6, 6.07) is 7.61. The molecule has 5 nitrogen and oxygen atoms in total. The molecule has 2 saturated carbocycles. The fourth-order valence-corrected chi connectivity index (χ4v) is 3.79. The Hall–Kier alpha value is -1.75. The van der Waals surface area contributed by atoms with Crippen LogP contribution in [0.1, 0.15) is 50.6 Å². The van der Waals surface area contributed by atoms with E-state index >= 15 is 0 Å². The van der Waals surface area contributed by atoms with Gasteiger partial charge in [0.2, 0.25) is 5.91 Å². The lowest BCUT2D eigenvalue weighted by Crippen LogP contribution is -2.43. The number of hydrogen-bond acceptors (Lipinski definition) is 2. The zero-order valence-electron chi connectivity index (χ0n) is 13.8. The smallest absolute Gasteiger partial charge is 0.315 e. The van der Waals surface area contributed by atoms with Crippen LogP contribution in [-0.2, 0) is 4.79 Å². The number of halogens is 1. The number of benzene rings is 1. The molecule has 3 rings (SSSR count). The Labute approximate surface area is 147 Å². The van der Waals surface area contributed by atoms with Crippen molar-refractivity contribution in [2.24, 2.45) is 5.92 Å². The van der Waals surface area contributed by atoms with E-state index in [4.69, 9.17) is 11.6 Å². The van der Waals surface area contributed by atoms with Gasteiger partial charge in [-0.1, -0.05) is 36.6 Å². The average molecular weight is 350 g/mol. The number of amides is 3. The van der Waals surface area contributed by atoms with Crippen molar-refractivity contribution in [1.29, 1.82) is 0 Å². The molecule has 3 atom stereocenters. The largest absolute Gasteiger partial charge is 0.351 e. The lowest BCUT2D eigenvalue weighted by Gasteiger charge is -2.25. The highest BCUT2D eigenvalue weighted by Crippen LogP contribution is 2.36. The quantitative estimate of drug-likeness (QED) is 0.764. The normalized spacial score (nSPS) is 24.2. The van der Waals surface area contributed by atoms with Gasteiger partial charge in [-0.2, -0.15) is 0 Å². The van der Waals surface area contributed by atoms with Crippen molar-refractivity contribution in [3.63, 3.8) is 0 Å². The molecule has 0 aliphatic heterocycles. The Morgan fingerprint density at radius 2 is 1.88 bits per heavy atom. The Bertz CT molecular complexity index is 616. The Balaban J connectivity index is 1.62. The third kappa shape index (κ3) is 4.41. The molecule has 2 aliphatic rings. The van der Waals surface area contributed by atoms with Crippen molar-refractivity contribution in [2.75, 3.05) is 0 Å². The maximum Gasteiger partial charge on any atom is 0.315 e. The Morgan fingerprint density at radius 1 is 1.17 bits per heavy atom. The van der Waals surface area contributed by atoms with Crippen molar-refractivity contribution in [3.8, 4) is 0 Å². The van der Waals surface area contributed by atoms with E-state index in [1.807, 2.05) is 24.3 Å². The molecule has 6 heteroatoms. The van der Waals surface area contributed by atoms with Gasteiger partial charge in [-0.25, -0.2) is 4.79 Å². The molecule has 0 bridgehead atoms.